The van der Waals surface area contributed by atoms with Gasteiger partial charge in [0.15, 0.2) is 0 Å². The van der Waals surface area contributed by atoms with Crippen LogP contribution in [-0.4, -0.2) is 57.7 Å². The zero-order valence-electron chi connectivity index (χ0n) is 11.4. The molecule has 1 aromatic rings. The number of hydrogen-bond acceptors (Lipinski definition) is 6. The van der Waals surface area contributed by atoms with Gasteiger partial charge in [0, 0.05) is 0 Å². The zero-order valence-corrected chi connectivity index (χ0v) is 11.4. The summed E-state index contributed by atoms with van der Waals surface area (Å²) >= 11 is 0. The van der Waals surface area contributed by atoms with E-state index >= 15 is 0 Å². The summed E-state index contributed by atoms with van der Waals surface area (Å²) in [4.78, 5) is 0. The first-order valence-electron chi connectivity index (χ1n) is 6.49. The molecule has 6 nitrogen and oxygen atoms in total. The van der Waals surface area contributed by atoms with E-state index in [1.54, 1.807) is 0 Å². The summed E-state index contributed by atoms with van der Waals surface area (Å²) in [5.74, 6) is 0.553. The topological polar surface area (TPSA) is 99.4 Å². The molecule has 0 unspecified atom stereocenters. The van der Waals surface area contributed by atoms with Crippen molar-refractivity contribution < 1.29 is 29.9 Å². The normalized spacial score (nSPS) is 34.0. The molecule has 0 bridgehead atoms. The van der Waals surface area contributed by atoms with E-state index in [9.17, 15) is 15.3 Å². The van der Waals surface area contributed by atoms with Crippen molar-refractivity contribution in [3.05, 3.63) is 29.3 Å². The number of ether oxygens (including phenoxy) is 2. The van der Waals surface area contributed by atoms with Gasteiger partial charge in [-0.2, -0.15) is 0 Å². The van der Waals surface area contributed by atoms with Gasteiger partial charge in [0.2, 0.25) is 6.29 Å². The fourth-order valence-corrected chi connectivity index (χ4v) is 2.27. The van der Waals surface area contributed by atoms with E-state index in [0.717, 1.165) is 11.1 Å². The molecule has 1 aliphatic rings. The zero-order chi connectivity index (χ0) is 14.9. The van der Waals surface area contributed by atoms with E-state index in [-0.39, 0.29) is 0 Å². The summed E-state index contributed by atoms with van der Waals surface area (Å²) in [5, 5.41) is 38.5. The fraction of sp³-hybridized carbons (Fsp3) is 0.571. The summed E-state index contributed by atoms with van der Waals surface area (Å²) in [6.07, 6.45) is -6.33. The van der Waals surface area contributed by atoms with E-state index in [4.69, 9.17) is 14.6 Å². The molecule has 1 heterocycles. The molecule has 1 aliphatic heterocycles. The molecule has 4 N–H and O–H groups in total. The third-order valence-corrected chi connectivity index (χ3v) is 3.49. The van der Waals surface area contributed by atoms with Gasteiger partial charge in [0.1, 0.15) is 30.2 Å². The highest BCUT2D eigenvalue weighted by Gasteiger charge is 2.44. The van der Waals surface area contributed by atoms with Crippen molar-refractivity contribution in [3.63, 3.8) is 0 Å². The van der Waals surface area contributed by atoms with Crippen molar-refractivity contribution in [2.45, 2.75) is 44.6 Å². The highest BCUT2D eigenvalue weighted by atomic mass is 16.7. The van der Waals surface area contributed by atoms with Crippen LogP contribution in [0, 0.1) is 13.8 Å². The van der Waals surface area contributed by atoms with Crippen LogP contribution in [0.25, 0.3) is 0 Å². The molecule has 0 amide bonds. The Hall–Kier alpha value is -1.18. The van der Waals surface area contributed by atoms with E-state index in [2.05, 4.69) is 0 Å². The van der Waals surface area contributed by atoms with Gasteiger partial charge in [-0.05, 0) is 25.0 Å². The summed E-state index contributed by atoms with van der Waals surface area (Å²) in [7, 11) is 0. The van der Waals surface area contributed by atoms with E-state index in [0.29, 0.717) is 5.75 Å². The Labute approximate surface area is 117 Å². The predicted molar refractivity (Wildman–Crippen MR) is 70.3 cm³/mol. The van der Waals surface area contributed by atoms with Crippen LogP contribution < -0.4 is 4.74 Å². The standard InChI is InChI=1S/C14H20O6/c1-7-4-3-5-8(2)13(7)20-14-12(18)11(17)10(16)9(6-15)19-14/h3-5,9-12,14-18H,6H2,1-2H3/t9-,10-,11+,12+,14-/m1/s1. The summed E-state index contributed by atoms with van der Waals surface area (Å²) in [6, 6.07) is 5.59. The molecule has 6 heteroatoms. The molecule has 0 radical (unpaired) electrons. The van der Waals surface area contributed by atoms with Crippen LogP contribution in [0.1, 0.15) is 11.1 Å². The van der Waals surface area contributed by atoms with Crippen molar-refractivity contribution in [3.8, 4) is 5.75 Å². The Balaban J connectivity index is 2.20. The molecular formula is C14H20O6. The highest BCUT2D eigenvalue weighted by molar-refractivity contribution is 5.39. The monoisotopic (exact) mass is 284 g/mol. The average Bonchev–Trinajstić information content (AvgIpc) is 2.43. The lowest BCUT2D eigenvalue weighted by Gasteiger charge is -2.39. The number of hydrogen-bond donors (Lipinski definition) is 4. The second-order valence-corrected chi connectivity index (χ2v) is 5.04. The number of aliphatic hydroxyl groups is 4. The van der Waals surface area contributed by atoms with Crippen molar-refractivity contribution >= 4 is 0 Å². The third kappa shape index (κ3) is 2.79. The molecule has 0 aromatic heterocycles. The van der Waals surface area contributed by atoms with Crippen LogP contribution in [0.4, 0.5) is 0 Å². The smallest absolute Gasteiger partial charge is 0.229 e. The number of aliphatic hydroxyl groups excluding tert-OH is 4. The predicted octanol–water partition coefficient (Wildman–Crippen LogP) is -0.518. The van der Waals surface area contributed by atoms with Gasteiger partial charge in [-0.1, -0.05) is 18.2 Å². The van der Waals surface area contributed by atoms with Crippen molar-refractivity contribution in [1.82, 2.24) is 0 Å². The molecule has 0 saturated carbocycles. The van der Waals surface area contributed by atoms with Gasteiger partial charge >= 0.3 is 0 Å². The van der Waals surface area contributed by atoms with Gasteiger partial charge in [-0.15, -0.1) is 0 Å². The Kier molecular flexibility index (Phi) is 4.62. The van der Waals surface area contributed by atoms with Crippen molar-refractivity contribution in [2.75, 3.05) is 6.61 Å². The van der Waals surface area contributed by atoms with Crippen LogP contribution in [0.15, 0.2) is 18.2 Å². The fourth-order valence-electron chi connectivity index (χ4n) is 2.27. The Morgan fingerprint density at radius 2 is 1.65 bits per heavy atom. The summed E-state index contributed by atoms with van der Waals surface area (Å²) in [5.41, 5.74) is 1.73. The first-order chi connectivity index (χ1) is 9.45. The van der Waals surface area contributed by atoms with Crippen LogP contribution in [0.3, 0.4) is 0 Å². The van der Waals surface area contributed by atoms with Crippen LogP contribution in [0.2, 0.25) is 0 Å². The molecule has 0 aliphatic carbocycles. The van der Waals surface area contributed by atoms with Crippen LogP contribution >= 0.6 is 0 Å². The molecule has 0 spiro atoms. The van der Waals surface area contributed by atoms with Gasteiger partial charge in [-0.3, -0.25) is 0 Å². The third-order valence-electron chi connectivity index (χ3n) is 3.49. The Morgan fingerprint density at radius 1 is 1.05 bits per heavy atom. The molecule has 2 rings (SSSR count). The Morgan fingerprint density at radius 3 is 2.20 bits per heavy atom. The second-order valence-electron chi connectivity index (χ2n) is 5.04. The molecule has 1 saturated heterocycles. The van der Waals surface area contributed by atoms with Gasteiger partial charge in [0.25, 0.3) is 0 Å². The van der Waals surface area contributed by atoms with Gasteiger partial charge in [-0.25, -0.2) is 0 Å². The minimum atomic E-state index is -1.43. The number of aryl methyl sites for hydroxylation is 2. The molecular weight excluding hydrogens is 264 g/mol. The lowest BCUT2D eigenvalue weighted by atomic mass is 9.99. The van der Waals surface area contributed by atoms with Crippen LogP contribution in [0.5, 0.6) is 5.75 Å². The average molecular weight is 284 g/mol. The lowest BCUT2D eigenvalue weighted by Crippen LogP contribution is -2.60. The minimum absolute atomic E-state index is 0.475. The van der Waals surface area contributed by atoms with Gasteiger partial charge < -0.3 is 29.9 Å². The largest absolute Gasteiger partial charge is 0.461 e. The highest BCUT2D eigenvalue weighted by Crippen LogP contribution is 2.28. The van der Waals surface area contributed by atoms with E-state index < -0.39 is 37.3 Å². The molecule has 5 atom stereocenters. The maximum atomic E-state index is 9.92. The minimum Gasteiger partial charge on any atom is -0.461 e. The molecule has 20 heavy (non-hydrogen) atoms. The first-order valence-corrected chi connectivity index (χ1v) is 6.49. The summed E-state index contributed by atoms with van der Waals surface area (Å²) in [6.45, 7) is 3.23. The van der Waals surface area contributed by atoms with E-state index in [1.165, 1.54) is 0 Å². The van der Waals surface area contributed by atoms with Crippen molar-refractivity contribution in [2.24, 2.45) is 0 Å². The maximum Gasteiger partial charge on any atom is 0.229 e. The van der Waals surface area contributed by atoms with Crippen molar-refractivity contribution in [1.29, 1.82) is 0 Å². The van der Waals surface area contributed by atoms with Gasteiger partial charge in [0.05, 0.1) is 6.61 Å². The summed E-state index contributed by atoms with van der Waals surface area (Å²) < 4.78 is 10.9. The lowest BCUT2D eigenvalue weighted by molar-refractivity contribution is -0.277. The number of benzene rings is 1. The second kappa shape index (κ2) is 6.07. The SMILES string of the molecule is Cc1cccc(C)c1O[C@H]1O[C@H](CO)[C@@H](O)[C@H](O)[C@@H]1O. The molecule has 1 fully saturated rings. The molecule has 1 aromatic carbocycles. The maximum absolute atomic E-state index is 9.92. The molecule has 112 valence electrons. The Bertz CT molecular complexity index is 441. The number of para-hydroxylation sites is 1. The quantitative estimate of drug-likeness (QED) is 0.596. The first kappa shape index (κ1) is 15.2. The number of rotatable bonds is 3. The van der Waals surface area contributed by atoms with E-state index in [1.807, 2.05) is 32.0 Å². The van der Waals surface area contributed by atoms with Crippen LogP contribution in [-0.2, 0) is 4.74 Å².